The van der Waals surface area contributed by atoms with Gasteiger partial charge < -0.3 is 38.7 Å². The molecule has 490 valence electrons. The average Bonchev–Trinajstić information content (AvgIpc) is 1.56. The van der Waals surface area contributed by atoms with Crippen LogP contribution < -0.4 is 36.4 Å². The molecule has 0 bridgehead atoms. The maximum absolute atomic E-state index is 14.2. The third-order valence-electron chi connectivity index (χ3n) is 19.6. The fraction of sp³-hybridized carbons (Fsp3) is 0.437. The number of hydrogen-bond donors (Lipinski definition) is 0. The third kappa shape index (κ3) is 11.9. The molecule has 2 aliphatic carbocycles. The van der Waals surface area contributed by atoms with E-state index in [0.29, 0.717) is 99.3 Å². The summed E-state index contributed by atoms with van der Waals surface area (Å²) in [5.41, 5.74) is 12.0. The lowest BCUT2D eigenvalue weighted by molar-refractivity contribution is -0.141. The van der Waals surface area contributed by atoms with E-state index in [1.165, 1.54) is 18.9 Å². The molecule has 15 rings (SSSR count). The van der Waals surface area contributed by atoms with E-state index >= 15 is 0 Å². The zero-order valence-electron chi connectivity index (χ0n) is 54.8. The van der Waals surface area contributed by atoms with Crippen molar-refractivity contribution in [2.75, 3.05) is 101 Å². The van der Waals surface area contributed by atoms with Gasteiger partial charge in [-0.1, -0.05) is 38.1 Å². The molecule has 6 aliphatic rings. The van der Waals surface area contributed by atoms with Gasteiger partial charge in [-0.05, 0) is 135 Å². The molecule has 9 heterocycles. The van der Waals surface area contributed by atoms with Crippen LogP contribution in [0.5, 0.6) is 0 Å². The summed E-state index contributed by atoms with van der Waals surface area (Å²) < 4.78 is 23.4. The monoisotopic (exact) mass is 1290 g/mol. The number of methoxy groups -OCH3 is 1. The number of carbonyl (C=O) groups excluding carboxylic acids is 3. The fourth-order valence-electron chi connectivity index (χ4n) is 14.1. The van der Waals surface area contributed by atoms with Crippen LogP contribution in [0.4, 0.5) is 22.7 Å². The molecule has 2 unspecified atom stereocenters. The van der Waals surface area contributed by atoms with Crippen molar-refractivity contribution in [1.82, 2.24) is 43.2 Å². The molecule has 2 spiro atoms. The lowest BCUT2D eigenvalue weighted by Gasteiger charge is -2.34. The predicted octanol–water partition coefficient (Wildman–Crippen LogP) is 7.07. The van der Waals surface area contributed by atoms with Gasteiger partial charge in [0.05, 0.1) is 94.6 Å². The highest BCUT2D eigenvalue weighted by Crippen LogP contribution is 2.58. The average molecular weight is 1290 g/mol. The molecular weight excluding hydrogens is 1210 g/mol. The van der Waals surface area contributed by atoms with Crippen LogP contribution in [0.1, 0.15) is 84.0 Å². The number of morpholine rings is 2. The first-order valence-electron chi connectivity index (χ1n) is 32.8. The summed E-state index contributed by atoms with van der Waals surface area (Å²) in [6.45, 7) is 11.2. The van der Waals surface area contributed by atoms with Crippen LogP contribution in [0.15, 0.2) is 117 Å². The Bertz CT molecular complexity index is 4600. The van der Waals surface area contributed by atoms with E-state index in [-0.39, 0.29) is 58.0 Å². The molecule has 4 fully saturated rings. The van der Waals surface area contributed by atoms with Gasteiger partial charge in [-0.3, -0.25) is 37.5 Å². The van der Waals surface area contributed by atoms with Crippen molar-refractivity contribution in [1.29, 1.82) is 0 Å². The largest absolute Gasteiger partial charge is 0.382 e. The van der Waals surface area contributed by atoms with Crippen molar-refractivity contribution in [3.05, 3.63) is 178 Å². The van der Waals surface area contributed by atoms with Gasteiger partial charge in [0, 0.05) is 115 Å². The van der Waals surface area contributed by atoms with Gasteiger partial charge in [0.25, 0.3) is 17.0 Å². The minimum Gasteiger partial charge on any atom is -0.382 e. The maximum atomic E-state index is 14.2. The second kappa shape index (κ2) is 26.1. The van der Waals surface area contributed by atoms with Gasteiger partial charge in [-0.25, -0.2) is 24.4 Å². The number of nitrogens with zero attached hydrogens (tertiary/aromatic N) is 13. The van der Waals surface area contributed by atoms with E-state index in [1.807, 2.05) is 86.2 Å². The highest BCUT2D eigenvalue weighted by atomic mass is 32.1. The smallest absolute Gasteiger partial charge is 0.349 e. The highest BCUT2D eigenvalue weighted by molar-refractivity contribution is 7.09. The van der Waals surface area contributed by atoms with Crippen LogP contribution in [-0.2, 0) is 91.2 Å². The van der Waals surface area contributed by atoms with E-state index in [0.717, 1.165) is 107 Å². The number of carbonyl (C=O) groups is 3. The number of hydrogen-bond acceptors (Lipinski definition) is 16. The zero-order valence-corrected chi connectivity index (χ0v) is 55.6. The number of aryl methyl sites for hydroxylation is 7. The number of benzene rings is 4. The number of ether oxygens (including phenoxy) is 3. The summed E-state index contributed by atoms with van der Waals surface area (Å²) in [5.74, 6) is 1.61. The number of likely N-dealkylation sites (N-methyl/N-ethyl adjacent to an activating group) is 3. The van der Waals surface area contributed by atoms with E-state index in [2.05, 4.69) is 56.3 Å². The standard InChI is InChI=1S/C36H38N8O5.C33H37N5O4S.C2H6/c1-39(2)33(46)30-22-41(17-18-49-30)24-7-8-26-28(20-24)38-31(11-16-44-35(48)42-14-4-5-25(42)21-37-44)43(32(26)45)15-10-23-6-9-27-29(19-23)40(3)34(47)36(27)12-13-36;1-21-29(43-20-34-21)8-9-30-35-27-17-23(37-14-15-42-24(18-37)19-41-3)5-6-25(27)31(39)38(30)13-10-22-4-7-26-28(16-22)36(2)32(40)33(26)11-12-33;1-2/h4-9,14,19-21,30H,10-13,15-18,22H2,1-3H3;4-7,16-17,20,24H,8-15,18-19H2,1-3H3;1-2H3. The molecule has 2 saturated carbocycles. The minimum absolute atomic E-state index is 0.0144. The molecule has 94 heavy (non-hydrogen) atoms. The summed E-state index contributed by atoms with van der Waals surface area (Å²) in [6.07, 6.45) is 9.40. The van der Waals surface area contributed by atoms with Crippen LogP contribution in [0.25, 0.3) is 27.3 Å². The van der Waals surface area contributed by atoms with E-state index in [4.69, 9.17) is 24.2 Å². The van der Waals surface area contributed by atoms with Crippen molar-refractivity contribution in [3.8, 4) is 0 Å². The lowest BCUT2D eigenvalue weighted by atomic mass is 9.96. The first-order valence-corrected chi connectivity index (χ1v) is 33.7. The first-order chi connectivity index (χ1) is 45.5. The van der Waals surface area contributed by atoms with Crippen molar-refractivity contribution >= 4 is 79.1 Å². The predicted molar refractivity (Wildman–Crippen MR) is 364 cm³/mol. The normalized spacial score (nSPS) is 18.2. The topological polar surface area (TPSA) is 217 Å². The van der Waals surface area contributed by atoms with Gasteiger partial charge in [-0.2, -0.15) is 5.10 Å². The molecular formula is C71H81N13O9S. The highest BCUT2D eigenvalue weighted by Gasteiger charge is 2.59. The Hall–Kier alpha value is -8.90. The molecule has 0 radical (unpaired) electrons. The Kier molecular flexibility index (Phi) is 17.7. The third-order valence-corrected chi connectivity index (χ3v) is 20.6. The van der Waals surface area contributed by atoms with E-state index in [1.54, 1.807) is 66.5 Å². The van der Waals surface area contributed by atoms with Crippen molar-refractivity contribution in [2.24, 2.45) is 0 Å². The summed E-state index contributed by atoms with van der Waals surface area (Å²) in [7, 11) is 8.82. The van der Waals surface area contributed by atoms with Crippen LogP contribution in [0, 0.1) is 6.92 Å². The first kappa shape index (κ1) is 63.8. The zero-order chi connectivity index (χ0) is 65.7. The molecule has 22 nitrogen and oxygen atoms in total. The maximum Gasteiger partial charge on any atom is 0.349 e. The molecule has 0 N–H and O–H groups in total. The Morgan fingerprint density at radius 2 is 1.24 bits per heavy atom. The molecule has 23 heteroatoms. The number of aromatic nitrogens is 8. The molecule has 3 amide bonds. The van der Waals surface area contributed by atoms with Gasteiger partial charge in [-0.15, -0.1) is 11.3 Å². The molecule has 5 aromatic heterocycles. The van der Waals surface area contributed by atoms with E-state index in [9.17, 15) is 28.8 Å². The second-order valence-electron chi connectivity index (χ2n) is 25.5. The molecule has 2 atom stereocenters. The van der Waals surface area contributed by atoms with Gasteiger partial charge >= 0.3 is 5.69 Å². The number of rotatable bonds is 17. The van der Waals surface area contributed by atoms with Crippen LogP contribution in [-0.4, -0.2) is 154 Å². The lowest BCUT2D eigenvalue weighted by Crippen LogP contribution is -2.49. The number of amides is 3. The van der Waals surface area contributed by atoms with E-state index < -0.39 is 6.10 Å². The van der Waals surface area contributed by atoms with Crippen LogP contribution >= 0.6 is 11.3 Å². The summed E-state index contributed by atoms with van der Waals surface area (Å²) in [4.78, 5) is 105. The van der Waals surface area contributed by atoms with Crippen LogP contribution in [0.2, 0.25) is 0 Å². The summed E-state index contributed by atoms with van der Waals surface area (Å²) >= 11 is 1.65. The van der Waals surface area contributed by atoms with Crippen molar-refractivity contribution < 1.29 is 28.6 Å². The quantitative estimate of drug-likeness (QED) is 0.0891. The second-order valence-corrected chi connectivity index (χ2v) is 26.4. The van der Waals surface area contributed by atoms with Gasteiger partial charge in [0.15, 0.2) is 6.10 Å². The van der Waals surface area contributed by atoms with Crippen LogP contribution in [0.3, 0.4) is 0 Å². The fourth-order valence-corrected chi connectivity index (χ4v) is 14.8. The number of fused-ring (bicyclic) bond motifs is 7. The molecule has 9 aromatic rings. The number of anilines is 4. The van der Waals surface area contributed by atoms with Gasteiger partial charge in [0.2, 0.25) is 11.8 Å². The molecule has 4 aromatic carbocycles. The molecule has 4 aliphatic heterocycles. The Balaban J connectivity index is 0.000000168. The number of thiazole rings is 1. The summed E-state index contributed by atoms with van der Waals surface area (Å²) in [5, 5.41) is 5.47. The SMILES string of the molecule is CC.CN(C)C(=O)C1CN(c2ccc3c(=O)n(CCc4ccc5c(c4)N(C)C(=O)C54CC4)c(CCn4ncc5cccn5c4=O)nc3c2)CCO1.COCC1CN(c2ccc3c(=O)n(CCc4ccc5c(c4)N(C)C(=O)C54CC4)c(CCc4scnc4C)nc3c2)CCO1. The Morgan fingerprint density at radius 1 is 0.681 bits per heavy atom. The Morgan fingerprint density at radius 3 is 1.79 bits per heavy atom. The minimum atomic E-state index is -0.577. The summed E-state index contributed by atoms with van der Waals surface area (Å²) in [6, 6.07) is 27.8. The van der Waals surface area contributed by atoms with Crippen molar-refractivity contribution in [3.63, 3.8) is 0 Å². The Labute approximate surface area is 548 Å². The van der Waals surface area contributed by atoms with Gasteiger partial charge in [0.1, 0.15) is 11.6 Å². The van der Waals surface area contributed by atoms with Crippen molar-refractivity contribution in [2.45, 2.75) is 121 Å². The molecule has 2 saturated heterocycles.